The van der Waals surface area contributed by atoms with Crippen molar-refractivity contribution in [2.45, 2.75) is 0 Å². The average molecular weight is 483 g/mol. The third kappa shape index (κ3) is 6.32. The number of nitrogens with one attached hydrogen (secondary N) is 5. The van der Waals surface area contributed by atoms with Gasteiger partial charge >= 0.3 is 12.1 Å². The van der Waals surface area contributed by atoms with Crippen molar-refractivity contribution in [3.8, 4) is 0 Å². The Balaban J connectivity index is 1.32. The molecule has 3 aromatic carbocycles. The quantitative estimate of drug-likeness (QED) is 0.264. The van der Waals surface area contributed by atoms with Crippen LogP contribution in [0.25, 0.3) is 0 Å². The average Bonchev–Trinajstić information content (AvgIpc) is 3.41. The maximum Gasteiger partial charge on any atom is 0.323 e. The zero-order valence-electron chi connectivity index (χ0n) is 19.7. The van der Waals surface area contributed by atoms with E-state index < -0.39 is 12.1 Å². The van der Waals surface area contributed by atoms with Gasteiger partial charge in [-0.05, 0) is 61.3 Å². The van der Waals surface area contributed by atoms with Crippen molar-refractivity contribution < 1.29 is 9.59 Å². The molecule has 1 aliphatic heterocycles. The first kappa shape index (κ1) is 24.1. The molecule has 0 unspecified atom stereocenters. The van der Waals surface area contributed by atoms with E-state index in [0.29, 0.717) is 28.6 Å². The number of carbonyl (C=O) groups is 2. The predicted molar refractivity (Wildman–Crippen MR) is 146 cm³/mol. The Hall–Kier alpha value is -4.99. The molecule has 36 heavy (non-hydrogen) atoms. The van der Waals surface area contributed by atoms with Crippen LogP contribution in [0.3, 0.4) is 0 Å². The van der Waals surface area contributed by atoms with Gasteiger partial charge in [-0.15, -0.1) is 0 Å². The van der Waals surface area contributed by atoms with E-state index in [-0.39, 0.29) is 0 Å². The van der Waals surface area contributed by atoms with E-state index in [9.17, 15) is 9.59 Å². The lowest BCUT2D eigenvalue weighted by molar-refractivity contribution is 0.261. The lowest BCUT2D eigenvalue weighted by atomic mass is 10.2. The van der Waals surface area contributed by atoms with Crippen LogP contribution in [-0.4, -0.2) is 50.6 Å². The Labute approximate surface area is 208 Å². The Morgan fingerprint density at radius 3 is 1.97 bits per heavy atom. The minimum atomic E-state index is -0.421. The Bertz CT molecular complexity index is 1330. The van der Waals surface area contributed by atoms with E-state index in [4.69, 9.17) is 0 Å². The van der Waals surface area contributed by atoms with Crippen LogP contribution in [0.15, 0.2) is 87.8 Å². The van der Waals surface area contributed by atoms with Crippen molar-refractivity contribution >= 4 is 53.2 Å². The summed E-state index contributed by atoms with van der Waals surface area (Å²) in [4.78, 5) is 37.3. The van der Waals surface area contributed by atoms with Crippen molar-refractivity contribution in [2.75, 3.05) is 41.4 Å². The lowest BCUT2D eigenvalue weighted by Gasteiger charge is -2.11. The molecule has 10 nitrogen and oxygen atoms in total. The third-order valence-corrected chi connectivity index (χ3v) is 5.21. The topological polar surface area (TPSA) is 131 Å². The van der Waals surface area contributed by atoms with Gasteiger partial charge in [-0.3, -0.25) is 9.98 Å². The van der Waals surface area contributed by atoms with Crippen LogP contribution in [0.5, 0.6) is 0 Å². The smallest absolute Gasteiger partial charge is 0.323 e. The molecule has 0 aromatic heterocycles. The van der Waals surface area contributed by atoms with Gasteiger partial charge in [0.1, 0.15) is 5.84 Å². The maximum atomic E-state index is 12.5. The highest BCUT2D eigenvalue weighted by Crippen LogP contribution is 2.18. The first-order chi connectivity index (χ1) is 17.5. The van der Waals surface area contributed by atoms with Gasteiger partial charge in [0.2, 0.25) is 0 Å². The van der Waals surface area contributed by atoms with Crippen molar-refractivity contribution in [3.63, 3.8) is 0 Å². The fraction of sp³-hybridized carbons (Fsp3) is 0.115. The van der Waals surface area contributed by atoms with Crippen LogP contribution in [0.2, 0.25) is 0 Å². The van der Waals surface area contributed by atoms with Gasteiger partial charge in [-0.1, -0.05) is 18.2 Å². The van der Waals surface area contributed by atoms with Gasteiger partial charge in [0, 0.05) is 47.5 Å². The molecule has 0 radical (unpaired) electrons. The summed E-state index contributed by atoms with van der Waals surface area (Å²) in [5.74, 6) is 1.34. The highest BCUT2D eigenvalue weighted by Gasteiger charge is 2.10. The van der Waals surface area contributed by atoms with Crippen LogP contribution < -0.4 is 26.6 Å². The van der Waals surface area contributed by atoms with Gasteiger partial charge in [0.15, 0.2) is 5.84 Å². The predicted octanol–water partition coefficient (Wildman–Crippen LogP) is 4.40. The largest absolute Gasteiger partial charge is 0.368 e. The molecule has 0 atom stereocenters. The molecule has 182 valence electrons. The van der Waals surface area contributed by atoms with Crippen molar-refractivity contribution in [1.29, 1.82) is 0 Å². The Kier molecular flexibility index (Phi) is 7.66. The zero-order valence-corrected chi connectivity index (χ0v) is 19.7. The number of amidine groups is 2. The highest BCUT2D eigenvalue weighted by molar-refractivity contribution is 6.05. The van der Waals surface area contributed by atoms with Gasteiger partial charge < -0.3 is 26.6 Å². The lowest BCUT2D eigenvalue weighted by Crippen LogP contribution is -2.22. The standard InChI is InChI=1S/C26H26N8O2/c1-27-23(28-2)17-9-11-19(12-10-17)31-25(35)33-21-7-4-8-22(16-21)34-26(36)32-20-6-3-5-18(15-20)24-29-13-14-30-24/h3-12,15-16H,1,13-14H2,2H3,(H,29,30)(H2,31,33,35)(H2,32,34,36). The molecule has 0 bridgehead atoms. The molecule has 3 aromatic rings. The summed E-state index contributed by atoms with van der Waals surface area (Å²) in [7, 11) is 1.64. The summed E-state index contributed by atoms with van der Waals surface area (Å²) < 4.78 is 0. The molecule has 10 heteroatoms. The molecule has 0 saturated heterocycles. The summed E-state index contributed by atoms with van der Waals surface area (Å²) in [5, 5.41) is 14.3. The van der Waals surface area contributed by atoms with Gasteiger partial charge in [0.05, 0.1) is 6.54 Å². The number of amides is 4. The van der Waals surface area contributed by atoms with E-state index in [1.165, 1.54) is 0 Å². The van der Waals surface area contributed by atoms with Crippen LogP contribution in [-0.2, 0) is 0 Å². The number of nitrogens with zero attached hydrogens (tertiary/aromatic N) is 3. The second kappa shape index (κ2) is 11.4. The van der Waals surface area contributed by atoms with Crippen LogP contribution in [0.1, 0.15) is 11.1 Å². The second-order valence-corrected chi connectivity index (χ2v) is 7.76. The number of rotatable bonds is 6. The van der Waals surface area contributed by atoms with Crippen molar-refractivity contribution in [2.24, 2.45) is 15.0 Å². The summed E-state index contributed by atoms with van der Waals surface area (Å²) in [5.41, 5.74) is 3.99. The fourth-order valence-electron chi connectivity index (χ4n) is 3.59. The molecule has 0 fully saturated rings. The summed E-state index contributed by atoms with van der Waals surface area (Å²) >= 11 is 0. The molecular formula is C26H26N8O2. The van der Waals surface area contributed by atoms with Crippen molar-refractivity contribution in [1.82, 2.24) is 5.32 Å². The number of benzene rings is 3. The number of anilines is 4. The number of carbonyl (C=O) groups excluding carboxylic acids is 2. The van der Waals surface area contributed by atoms with E-state index in [1.54, 1.807) is 61.6 Å². The monoisotopic (exact) mass is 482 g/mol. The molecule has 4 amide bonds. The van der Waals surface area contributed by atoms with Gasteiger partial charge in [0.25, 0.3) is 0 Å². The molecule has 0 spiro atoms. The first-order valence-electron chi connectivity index (χ1n) is 11.2. The summed E-state index contributed by atoms with van der Waals surface area (Å²) in [6.45, 7) is 5.04. The minimum Gasteiger partial charge on any atom is -0.368 e. The minimum absolute atomic E-state index is 0.404. The molecule has 4 rings (SSSR count). The molecule has 1 aliphatic rings. The summed E-state index contributed by atoms with van der Waals surface area (Å²) in [6, 6.07) is 20.6. The fourth-order valence-corrected chi connectivity index (χ4v) is 3.59. The van der Waals surface area contributed by atoms with E-state index >= 15 is 0 Å². The summed E-state index contributed by atoms with van der Waals surface area (Å²) in [6.07, 6.45) is 0. The van der Waals surface area contributed by atoms with E-state index in [0.717, 1.165) is 30.1 Å². The number of urea groups is 2. The number of hydrogen-bond acceptors (Lipinski definition) is 5. The maximum absolute atomic E-state index is 12.5. The van der Waals surface area contributed by atoms with Crippen LogP contribution in [0.4, 0.5) is 32.3 Å². The van der Waals surface area contributed by atoms with Gasteiger partial charge in [-0.2, -0.15) is 0 Å². The number of hydrogen-bond donors (Lipinski definition) is 5. The van der Waals surface area contributed by atoms with Crippen molar-refractivity contribution in [3.05, 3.63) is 83.9 Å². The third-order valence-electron chi connectivity index (χ3n) is 5.21. The highest BCUT2D eigenvalue weighted by atomic mass is 16.2. The molecule has 0 saturated carbocycles. The van der Waals surface area contributed by atoms with Crippen LogP contribution >= 0.6 is 0 Å². The first-order valence-corrected chi connectivity index (χ1v) is 11.2. The zero-order chi connectivity index (χ0) is 25.3. The Morgan fingerprint density at radius 1 is 0.833 bits per heavy atom. The molecular weight excluding hydrogens is 456 g/mol. The SMILES string of the molecule is C=NC(=NC)c1ccc(NC(=O)Nc2cccc(NC(=O)Nc3cccc(C4=NCCN4)c3)c2)cc1. The number of aliphatic imine (C=N–C) groups is 3. The normalized spacial score (nSPS) is 12.7. The molecule has 0 aliphatic carbocycles. The Morgan fingerprint density at radius 2 is 1.42 bits per heavy atom. The van der Waals surface area contributed by atoms with Crippen LogP contribution in [0, 0.1) is 0 Å². The second-order valence-electron chi connectivity index (χ2n) is 7.76. The van der Waals surface area contributed by atoms with E-state index in [1.807, 2.05) is 18.2 Å². The molecule has 5 N–H and O–H groups in total. The van der Waals surface area contributed by atoms with Gasteiger partial charge in [-0.25, -0.2) is 14.6 Å². The van der Waals surface area contributed by atoms with E-state index in [2.05, 4.69) is 48.3 Å². The molecule has 1 heterocycles.